The van der Waals surface area contributed by atoms with E-state index in [1.54, 1.807) is 0 Å². The summed E-state index contributed by atoms with van der Waals surface area (Å²) in [6, 6.07) is 21.0. The molecule has 8 heteroatoms. The van der Waals surface area contributed by atoms with E-state index in [9.17, 15) is 18.4 Å². The maximum Gasteiger partial charge on any atom is 0.246 e. The van der Waals surface area contributed by atoms with Crippen molar-refractivity contribution in [3.63, 3.8) is 0 Å². The Labute approximate surface area is 201 Å². The number of aromatic nitrogens is 1. The fourth-order valence-corrected chi connectivity index (χ4v) is 3.64. The lowest BCUT2D eigenvalue weighted by Gasteiger charge is -2.17. The average molecular weight is 475 g/mol. The predicted octanol–water partition coefficient (Wildman–Crippen LogP) is 4.82. The average Bonchev–Trinajstić information content (AvgIpc) is 3.33. The molecule has 0 fully saturated rings. The second kappa shape index (κ2) is 10.7. The van der Waals surface area contributed by atoms with Gasteiger partial charge in [-0.2, -0.15) is 0 Å². The van der Waals surface area contributed by atoms with Crippen molar-refractivity contribution in [2.24, 2.45) is 0 Å². The van der Waals surface area contributed by atoms with Crippen LogP contribution in [0.15, 0.2) is 83.3 Å². The lowest BCUT2D eigenvalue weighted by atomic mass is 10.1. The first-order valence-corrected chi connectivity index (χ1v) is 11.0. The first-order valence-electron chi connectivity index (χ1n) is 11.0. The summed E-state index contributed by atoms with van der Waals surface area (Å²) in [6.45, 7) is 0. The van der Waals surface area contributed by atoms with Crippen molar-refractivity contribution in [3.8, 4) is 22.6 Å². The molecule has 0 aliphatic heterocycles. The molecular weight excluding hydrogens is 452 g/mol. The van der Waals surface area contributed by atoms with E-state index in [-0.39, 0.29) is 18.4 Å². The van der Waals surface area contributed by atoms with Crippen LogP contribution in [0.4, 0.5) is 8.78 Å². The molecule has 35 heavy (non-hydrogen) atoms. The van der Waals surface area contributed by atoms with E-state index in [2.05, 4.69) is 15.6 Å². The molecule has 1 atom stereocenters. The molecule has 0 saturated carbocycles. The Morgan fingerprint density at radius 2 is 1.57 bits per heavy atom. The molecule has 2 amide bonds. The standard InChI is InChI=1S/C27H23F2N3O3/c1-30-27(34)25(19-12-13-20(28)21(29)16-19)31-22(33)14-15-23-32-24(17-8-4-2-5-9-17)26(35-23)18-10-6-3-7-11-18/h2-13,16,25H,14-15H2,1H3,(H,30,34)(H,31,33). The van der Waals surface area contributed by atoms with Gasteiger partial charge in [-0.25, -0.2) is 13.8 Å². The fourth-order valence-electron chi connectivity index (χ4n) is 3.64. The van der Waals surface area contributed by atoms with Gasteiger partial charge in [0.2, 0.25) is 11.8 Å². The predicted molar refractivity (Wildman–Crippen MR) is 127 cm³/mol. The fraction of sp³-hybridized carbons (Fsp3) is 0.148. The molecular formula is C27H23F2N3O3. The smallest absolute Gasteiger partial charge is 0.246 e. The monoisotopic (exact) mass is 475 g/mol. The highest BCUT2D eigenvalue weighted by Gasteiger charge is 2.24. The zero-order valence-electron chi connectivity index (χ0n) is 18.9. The number of likely N-dealkylation sites (N-methyl/N-ethyl adjacent to an activating group) is 1. The van der Waals surface area contributed by atoms with Gasteiger partial charge in [-0.05, 0) is 17.7 Å². The van der Waals surface area contributed by atoms with Crippen LogP contribution in [0.3, 0.4) is 0 Å². The van der Waals surface area contributed by atoms with Crippen molar-refractivity contribution in [3.05, 3.63) is 102 Å². The third-order valence-corrected chi connectivity index (χ3v) is 5.41. The van der Waals surface area contributed by atoms with Crippen LogP contribution in [0.5, 0.6) is 0 Å². The maximum atomic E-state index is 13.7. The van der Waals surface area contributed by atoms with Crippen LogP contribution in [0.1, 0.15) is 23.9 Å². The number of halogens is 2. The van der Waals surface area contributed by atoms with E-state index in [1.165, 1.54) is 13.1 Å². The molecule has 4 rings (SSSR count). The van der Waals surface area contributed by atoms with E-state index in [1.807, 2.05) is 60.7 Å². The summed E-state index contributed by atoms with van der Waals surface area (Å²) < 4.78 is 33.0. The van der Waals surface area contributed by atoms with Crippen molar-refractivity contribution in [1.82, 2.24) is 15.6 Å². The molecule has 0 saturated heterocycles. The highest BCUT2D eigenvalue weighted by atomic mass is 19.2. The van der Waals surface area contributed by atoms with E-state index < -0.39 is 29.5 Å². The van der Waals surface area contributed by atoms with Gasteiger partial charge in [0, 0.05) is 31.0 Å². The Kier molecular flexibility index (Phi) is 7.30. The Bertz CT molecular complexity index is 1270. The number of oxazole rings is 1. The Morgan fingerprint density at radius 3 is 2.20 bits per heavy atom. The van der Waals surface area contributed by atoms with Gasteiger partial charge in [0.1, 0.15) is 11.7 Å². The number of carbonyl (C=O) groups is 2. The molecule has 0 bridgehead atoms. The SMILES string of the molecule is CNC(=O)C(NC(=O)CCc1nc(-c2ccccc2)c(-c2ccccc2)o1)c1ccc(F)c(F)c1. The molecule has 1 aromatic heterocycles. The van der Waals surface area contributed by atoms with Crippen molar-refractivity contribution in [2.45, 2.75) is 18.9 Å². The summed E-state index contributed by atoms with van der Waals surface area (Å²) >= 11 is 0. The highest BCUT2D eigenvalue weighted by Crippen LogP contribution is 2.32. The zero-order valence-corrected chi connectivity index (χ0v) is 18.9. The number of rotatable bonds is 8. The number of nitrogens with zero attached hydrogens (tertiary/aromatic N) is 1. The van der Waals surface area contributed by atoms with Crippen LogP contribution in [0.25, 0.3) is 22.6 Å². The molecule has 3 aromatic carbocycles. The molecule has 0 aliphatic carbocycles. The Hall–Kier alpha value is -4.33. The second-order valence-electron chi connectivity index (χ2n) is 7.81. The van der Waals surface area contributed by atoms with Crippen LogP contribution >= 0.6 is 0 Å². The van der Waals surface area contributed by atoms with Crippen LogP contribution in [-0.4, -0.2) is 23.8 Å². The van der Waals surface area contributed by atoms with Gasteiger partial charge in [-0.3, -0.25) is 9.59 Å². The second-order valence-corrected chi connectivity index (χ2v) is 7.81. The molecule has 1 heterocycles. The minimum absolute atomic E-state index is 0.0276. The summed E-state index contributed by atoms with van der Waals surface area (Å²) in [5.74, 6) is -2.21. The molecule has 1 unspecified atom stereocenters. The molecule has 4 aromatic rings. The Morgan fingerprint density at radius 1 is 0.914 bits per heavy atom. The van der Waals surface area contributed by atoms with Gasteiger partial charge in [0.25, 0.3) is 0 Å². The van der Waals surface area contributed by atoms with Gasteiger partial charge in [0.05, 0.1) is 0 Å². The third kappa shape index (κ3) is 5.60. The minimum atomic E-state index is -1.17. The van der Waals surface area contributed by atoms with E-state index in [4.69, 9.17) is 4.42 Å². The third-order valence-electron chi connectivity index (χ3n) is 5.41. The number of nitrogens with one attached hydrogen (secondary N) is 2. The van der Waals surface area contributed by atoms with Crippen LogP contribution in [0.2, 0.25) is 0 Å². The van der Waals surface area contributed by atoms with Crippen LogP contribution in [0, 0.1) is 11.6 Å². The van der Waals surface area contributed by atoms with E-state index in [0.29, 0.717) is 17.3 Å². The van der Waals surface area contributed by atoms with Crippen molar-refractivity contribution >= 4 is 11.8 Å². The quantitative estimate of drug-likeness (QED) is 0.383. The topological polar surface area (TPSA) is 84.2 Å². The van der Waals surface area contributed by atoms with Gasteiger partial charge < -0.3 is 15.1 Å². The first kappa shape index (κ1) is 23.8. The molecule has 2 N–H and O–H groups in total. The summed E-state index contributed by atoms with van der Waals surface area (Å²) in [5, 5.41) is 5.00. The number of hydrogen-bond acceptors (Lipinski definition) is 4. The normalized spacial score (nSPS) is 11.6. The number of carbonyl (C=O) groups excluding carboxylic acids is 2. The number of benzene rings is 3. The maximum absolute atomic E-state index is 13.7. The largest absolute Gasteiger partial charge is 0.440 e. The van der Waals surface area contributed by atoms with Crippen molar-refractivity contribution < 1.29 is 22.8 Å². The van der Waals surface area contributed by atoms with E-state index in [0.717, 1.165) is 23.3 Å². The molecule has 0 radical (unpaired) electrons. The van der Waals surface area contributed by atoms with Gasteiger partial charge >= 0.3 is 0 Å². The van der Waals surface area contributed by atoms with Crippen LogP contribution < -0.4 is 10.6 Å². The molecule has 178 valence electrons. The van der Waals surface area contributed by atoms with Crippen molar-refractivity contribution in [2.75, 3.05) is 7.05 Å². The number of aryl methyl sites for hydroxylation is 1. The van der Waals surface area contributed by atoms with Crippen LogP contribution in [-0.2, 0) is 16.0 Å². The lowest BCUT2D eigenvalue weighted by Crippen LogP contribution is -2.39. The summed E-state index contributed by atoms with van der Waals surface area (Å²) in [5.41, 5.74) is 2.53. The highest BCUT2D eigenvalue weighted by molar-refractivity contribution is 5.88. The lowest BCUT2D eigenvalue weighted by molar-refractivity contribution is -0.128. The number of hydrogen-bond donors (Lipinski definition) is 2. The minimum Gasteiger partial charge on any atom is -0.440 e. The molecule has 0 aliphatic rings. The van der Waals surface area contributed by atoms with E-state index >= 15 is 0 Å². The summed E-state index contributed by atoms with van der Waals surface area (Å²) in [4.78, 5) is 29.6. The zero-order chi connectivity index (χ0) is 24.8. The van der Waals surface area contributed by atoms with Gasteiger partial charge in [-0.1, -0.05) is 66.7 Å². The summed E-state index contributed by atoms with van der Waals surface area (Å²) in [7, 11) is 1.39. The van der Waals surface area contributed by atoms with Gasteiger partial charge in [0.15, 0.2) is 23.3 Å². The molecule has 6 nitrogen and oxygen atoms in total. The molecule has 0 spiro atoms. The summed E-state index contributed by atoms with van der Waals surface area (Å²) in [6.07, 6.45) is 0.150. The Balaban J connectivity index is 1.52. The first-order chi connectivity index (χ1) is 17.0. The number of amides is 2. The van der Waals surface area contributed by atoms with Crippen molar-refractivity contribution in [1.29, 1.82) is 0 Å². The van der Waals surface area contributed by atoms with Gasteiger partial charge in [-0.15, -0.1) is 0 Å².